The number of hydrogen-bond acceptors (Lipinski definition) is 4. The molecule has 0 bridgehead atoms. The highest BCUT2D eigenvalue weighted by Crippen LogP contribution is 2.31. The molecule has 1 aliphatic carbocycles. The van der Waals surface area contributed by atoms with Crippen LogP contribution in [0.3, 0.4) is 0 Å². The summed E-state index contributed by atoms with van der Waals surface area (Å²) in [5.41, 5.74) is 5.19. The standard InChI is InChI=1S/C12H19N3O2/c13-9-12(14)3-1-10(2-4-12)11(16)15-5-7-17-8-6-15/h10H,1-8,14H2. The second-order valence-electron chi connectivity index (χ2n) is 4.98. The third-order valence-corrected chi connectivity index (χ3v) is 3.77. The zero-order valence-electron chi connectivity index (χ0n) is 10.0. The van der Waals surface area contributed by atoms with Crippen LogP contribution in [0.5, 0.6) is 0 Å². The van der Waals surface area contributed by atoms with E-state index in [1.165, 1.54) is 0 Å². The van der Waals surface area contributed by atoms with Crippen molar-refractivity contribution in [1.82, 2.24) is 4.90 Å². The summed E-state index contributed by atoms with van der Waals surface area (Å²) in [6, 6.07) is 2.15. The quantitative estimate of drug-likeness (QED) is 0.709. The monoisotopic (exact) mass is 237 g/mol. The van der Waals surface area contributed by atoms with Crippen molar-refractivity contribution in [1.29, 1.82) is 5.26 Å². The minimum absolute atomic E-state index is 0.0538. The second kappa shape index (κ2) is 5.03. The lowest BCUT2D eigenvalue weighted by Gasteiger charge is -2.35. The highest BCUT2D eigenvalue weighted by Gasteiger charge is 2.36. The first kappa shape index (κ1) is 12.3. The molecule has 2 fully saturated rings. The van der Waals surface area contributed by atoms with Crippen LogP contribution in [0.2, 0.25) is 0 Å². The second-order valence-corrected chi connectivity index (χ2v) is 4.98. The van der Waals surface area contributed by atoms with Gasteiger partial charge < -0.3 is 15.4 Å². The molecule has 2 aliphatic rings. The summed E-state index contributed by atoms with van der Waals surface area (Å²) in [6.45, 7) is 2.66. The molecule has 1 saturated heterocycles. The van der Waals surface area contributed by atoms with Gasteiger partial charge in [0.1, 0.15) is 5.54 Å². The molecule has 17 heavy (non-hydrogen) atoms. The zero-order chi connectivity index (χ0) is 12.3. The molecule has 0 aromatic carbocycles. The Hall–Kier alpha value is -1.12. The van der Waals surface area contributed by atoms with Crippen LogP contribution in [-0.2, 0) is 9.53 Å². The van der Waals surface area contributed by atoms with Crippen molar-refractivity contribution in [3.8, 4) is 6.07 Å². The molecular formula is C12H19N3O2. The highest BCUT2D eigenvalue weighted by atomic mass is 16.5. The first-order valence-corrected chi connectivity index (χ1v) is 6.21. The van der Waals surface area contributed by atoms with Gasteiger partial charge in [-0.2, -0.15) is 5.26 Å². The van der Waals surface area contributed by atoms with Crippen molar-refractivity contribution in [2.24, 2.45) is 11.7 Å². The first-order chi connectivity index (χ1) is 8.14. The molecule has 0 unspecified atom stereocenters. The Morgan fingerprint density at radius 3 is 2.47 bits per heavy atom. The summed E-state index contributed by atoms with van der Waals surface area (Å²) in [6.07, 6.45) is 2.73. The molecule has 1 saturated carbocycles. The number of nitrogens with zero attached hydrogens (tertiary/aromatic N) is 2. The van der Waals surface area contributed by atoms with Gasteiger partial charge in [0, 0.05) is 19.0 Å². The maximum absolute atomic E-state index is 12.2. The van der Waals surface area contributed by atoms with Crippen molar-refractivity contribution in [3.63, 3.8) is 0 Å². The summed E-state index contributed by atoms with van der Waals surface area (Å²) >= 11 is 0. The minimum atomic E-state index is -0.707. The van der Waals surface area contributed by atoms with Crippen LogP contribution in [0.1, 0.15) is 25.7 Å². The molecule has 0 aromatic rings. The van der Waals surface area contributed by atoms with Crippen LogP contribution in [0.15, 0.2) is 0 Å². The predicted octanol–water partition coefficient (Wildman–Crippen LogP) is 0.256. The molecule has 0 aromatic heterocycles. The van der Waals surface area contributed by atoms with E-state index >= 15 is 0 Å². The Kier molecular flexibility index (Phi) is 3.65. The number of morpholine rings is 1. The Labute approximate surface area is 102 Å². The van der Waals surface area contributed by atoms with E-state index < -0.39 is 5.54 Å². The van der Waals surface area contributed by atoms with E-state index in [9.17, 15) is 4.79 Å². The normalized spacial score (nSPS) is 34.1. The molecule has 0 atom stereocenters. The van der Waals surface area contributed by atoms with Gasteiger partial charge >= 0.3 is 0 Å². The van der Waals surface area contributed by atoms with Gasteiger partial charge in [-0.3, -0.25) is 4.79 Å². The van der Waals surface area contributed by atoms with Crippen molar-refractivity contribution in [3.05, 3.63) is 0 Å². The Bertz CT molecular complexity index is 323. The molecule has 2 rings (SSSR count). The summed E-state index contributed by atoms with van der Waals surface area (Å²) in [5.74, 6) is 0.270. The number of nitriles is 1. The van der Waals surface area contributed by atoms with Gasteiger partial charge in [-0.25, -0.2) is 0 Å². The number of rotatable bonds is 1. The number of nitrogens with two attached hydrogens (primary N) is 1. The fraction of sp³-hybridized carbons (Fsp3) is 0.833. The van der Waals surface area contributed by atoms with Crippen molar-refractivity contribution in [2.45, 2.75) is 31.2 Å². The van der Waals surface area contributed by atoms with Gasteiger partial charge in [-0.05, 0) is 25.7 Å². The predicted molar refractivity (Wildman–Crippen MR) is 61.9 cm³/mol. The van der Waals surface area contributed by atoms with Gasteiger partial charge in [0.2, 0.25) is 5.91 Å². The van der Waals surface area contributed by atoms with Gasteiger partial charge in [0.15, 0.2) is 0 Å². The number of carbonyl (C=O) groups excluding carboxylic acids is 1. The lowest BCUT2D eigenvalue weighted by molar-refractivity contribution is -0.140. The van der Waals surface area contributed by atoms with Crippen LogP contribution < -0.4 is 5.73 Å². The van der Waals surface area contributed by atoms with Gasteiger partial charge in [-0.15, -0.1) is 0 Å². The van der Waals surface area contributed by atoms with E-state index in [0.29, 0.717) is 39.1 Å². The molecular weight excluding hydrogens is 218 g/mol. The van der Waals surface area contributed by atoms with Crippen molar-refractivity contribution in [2.75, 3.05) is 26.3 Å². The maximum atomic E-state index is 12.2. The summed E-state index contributed by atoms with van der Waals surface area (Å²) in [5, 5.41) is 8.94. The fourth-order valence-electron chi connectivity index (χ4n) is 2.53. The molecule has 0 spiro atoms. The summed E-state index contributed by atoms with van der Waals surface area (Å²) < 4.78 is 5.23. The smallest absolute Gasteiger partial charge is 0.225 e. The molecule has 94 valence electrons. The van der Waals surface area contributed by atoms with Crippen LogP contribution in [0.25, 0.3) is 0 Å². The molecule has 5 heteroatoms. The van der Waals surface area contributed by atoms with Crippen LogP contribution in [0.4, 0.5) is 0 Å². The molecule has 5 nitrogen and oxygen atoms in total. The number of amides is 1. The molecule has 1 aliphatic heterocycles. The largest absolute Gasteiger partial charge is 0.378 e. The van der Waals surface area contributed by atoms with E-state index in [2.05, 4.69) is 6.07 Å². The van der Waals surface area contributed by atoms with Gasteiger partial charge in [-0.1, -0.05) is 0 Å². The van der Waals surface area contributed by atoms with E-state index in [-0.39, 0.29) is 11.8 Å². The van der Waals surface area contributed by atoms with Crippen LogP contribution in [0, 0.1) is 17.2 Å². The Morgan fingerprint density at radius 1 is 1.35 bits per heavy atom. The molecule has 0 radical (unpaired) electrons. The summed E-state index contributed by atoms with van der Waals surface area (Å²) in [7, 11) is 0. The lowest BCUT2D eigenvalue weighted by Crippen LogP contribution is -2.48. The van der Waals surface area contributed by atoms with E-state index in [1.54, 1.807) is 0 Å². The van der Waals surface area contributed by atoms with Crippen molar-refractivity contribution >= 4 is 5.91 Å². The van der Waals surface area contributed by atoms with E-state index in [1.807, 2.05) is 4.90 Å². The average molecular weight is 237 g/mol. The lowest BCUT2D eigenvalue weighted by atomic mass is 9.77. The highest BCUT2D eigenvalue weighted by molar-refractivity contribution is 5.79. The zero-order valence-corrected chi connectivity index (χ0v) is 10.0. The average Bonchev–Trinajstić information content (AvgIpc) is 2.40. The minimum Gasteiger partial charge on any atom is -0.378 e. The van der Waals surface area contributed by atoms with Gasteiger partial charge in [0.05, 0.1) is 19.3 Å². The first-order valence-electron chi connectivity index (χ1n) is 6.21. The van der Waals surface area contributed by atoms with E-state index in [4.69, 9.17) is 15.7 Å². The molecule has 1 amide bonds. The maximum Gasteiger partial charge on any atom is 0.225 e. The van der Waals surface area contributed by atoms with Crippen LogP contribution in [-0.4, -0.2) is 42.6 Å². The summed E-state index contributed by atoms with van der Waals surface area (Å²) in [4.78, 5) is 14.1. The SMILES string of the molecule is N#CC1(N)CCC(C(=O)N2CCOCC2)CC1. The third kappa shape index (κ3) is 2.76. The topological polar surface area (TPSA) is 79.3 Å². The van der Waals surface area contributed by atoms with Gasteiger partial charge in [0.25, 0.3) is 0 Å². The van der Waals surface area contributed by atoms with Crippen LogP contribution >= 0.6 is 0 Å². The Balaban J connectivity index is 1.88. The number of carbonyl (C=O) groups is 1. The molecule has 1 heterocycles. The molecule has 2 N–H and O–H groups in total. The number of ether oxygens (including phenoxy) is 1. The fourth-order valence-corrected chi connectivity index (χ4v) is 2.53. The number of hydrogen-bond donors (Lipinski definition) is 1. The third-order valence-electron chi connectivity index (χ3n) is 3.77. The Morgan fingerprint density at radius 2 is 1.94 bits per heavy atom. The van der Waals surface area contributed by atoms with Crippen molar-refractivity contribution < 1.29 is 9.53 Å². The van der Waals surface area contributed by atoms with E-state index in [0.717, 1.165) is 12.8 Å².